The van der Waals surface area contributed by atoms with Gasteiger partial charge in [-0.05, 0) is 31.8 Å². The van der Waals surface area contributed by atoms with Gasteiger partial charge in [0.25, 0.3) is 5.91 Å². The van der Waals surface area contributed by atoms with Gasteiger partial charge in [0.1, 0.15) is 0 Å². The SMILES string of the molecule is CCN(C)CCNC(=O)c1ccc2c(c1)NCCN2. The molecule has 1 amide bonds. The van der Waals surface area contributed by atoms with Crippen molar-refractivity contribution in [2.45, 2.75) is 6.92 Å². The third-order valence-electron chi connectivity index (χ3n) is 3.36. The summed E-state index contributed by atoms with van der Waals surface area (Å²) in [6.07, 6.45) is 0. The van der Waals surface area contributed by atoms with Crippen molar-refractivity contribution >= 4 is 17.3 Å². The lowest BCUT2D eigenvalue weighted by molar-refractivity contribution is 0.0950. The molecule has 1 aliphatic heterocycles. The third-order valence-corrected chi connectivity index (χ3v) is 3.36. The number of hydrogen-bond donors (Lipinski definition) is 3. The summed E-state index contributed by atoms with van der Waals surface area (Å²) in [5, 5.41) is 9.53. The summed E-state index contributed by atoms with van der Waals surface area (Å²) >= 11 is 0. The van der Waals surface area contributed by atoms with Crippen LogP contribution in [0.2, 0.25) is 0 Å². The summed E-state index contributed by atoms with van der Waals surface area (Å²) in [6, 6.07) is 5.71. The summed E-state index contributed by atoms with van der Waals surface area (Å²) in [7, 11) is 2.04. The predicted molar refractivity (Wildman–Crippen MR) is 78.9 cm³/mol. The van der Waals surface area contributed by atoms with Crippen LogP contribution in [0.4, 0.5) is 11.4 Å². The number of hydrogen-bond acceptors (Lipinski definition) is 4. The summed E-state index contributed by atoms with van der Waals surface area (Å²) in [4.78, 5) is 14.2. The summed E-state index contributed by atoms with van der Waals surface area (Å²) in [5.74, 6) is -0.0142. The molecular weight excluding hydrogens is 240 g/mol. The van der Waals surface area contributed by atoms with E-state index < -0.39 is 0 Å². The Labute approximate surface area is 114 Å². The standard InChI is InChI=1S/C14H22N4O/c1-3-18(2)9-8-17-14(19)11-4-5-12-13(10-11)16-7-6-15-12/h4-5,10,15-16H,3,6-9H2,1-2H3,(H,17,19). The second-order valence-electron chi connectivity index (χ2n) is 4.77. The highest BCUT2D eigenvalue weighted by molar-refractivity contribution is 5.96. The first-order valence-corrected chi connectivity index (χ1v) is 6.79. The Kier molecular flexibility index (Phi) is 4.63. The first-order chi connectivity index (χ1) is 9.20. The van der Waals surface area contributed by atoms with Crippen LogP contribution in [-0.4, -0.2) is 50.6 Å². The zero-order valence-corrected chi connectivity index (χ0v) is 11.6. The molecule has 3 N–H and O–H groups in total. The van der Waals surface area contributed by atoms with E-state index in [1.807, 2.05) is 25.2 Å². The van der Waals surface area contributed by atoms with Crippen molar-refractivity contribution in [2.24, 2.45) is 0 Å². The van der Waals surface area contributed by atoms with Gasteiger partial charge in [0.15, 0.2) is 0 Å². The van der Waals surface area contributed by atoms with E-state index >= 15 is 0 Å². The van der Waals surface area contributed by atoms with E-state index in [9.17, 15) is 4.79 Å². The molecule has 0 saturated carbocycles. The number of amides is 1. The van der Waals surface area contributed by atoms with E-state index in [0.717, 1.165) is 37.6 Å². The van der Waals surface area contributed by atoms with E-state index in [2.05, 4.69) is 27.8 Å². The number of rotatable bonds is 5. The molecule has 2 rings (SSSR count). The van der Waals surface area contributed by atoms with Gasteiger partial charge >= 0.3 is 0 Å². The van der Waals surface area contributed by atoms with Crippen molar-refractivity contribution < 1.29 is 4.79 Å². The largest absolute Gasteiger partial charge is 0.382 e. The lowest BCUT2D eigenvalue weighted by atomic mass is 10.1. The van der Waals surface area contributed by atoms with E-state index in [4.69, 9.17) is 0 Å². The molecule has 19 heavy (non-hydrogen) atoms. The molecule has 0 aromatic heterocycles. The van der Waals surface area contributed by atoms with Gasteiger partial charge in [-0.25, -0.2) is 0 Å². The van der Waals surface area contributed by atoms with Gasteiger partial charge < -0.3 is 20.9 Å². The van der Waals surface area contributed by atoms with Gasteiger partial charge in [0.2, 0.25) is 0 Å². The Morgan fingerprint density at radius 2 is 2.05 bits per heavy atom. The van der Waals surface area contributed by atoms with E-state index in [1.165, 1.54) is 0 Å². The Morgan fingerprint density at radius 3 is 2.79 bits per heavy atom. The quantitative estimate of drug-likeness (QED) is 0.746. The van der Waals surface area contributed by atoms with Crippen LogP contribution in [0.5, 0.6) is 0 Å². The third kappa shape index (κ3) is 3.61. The van der Waals surface area contributed by atoms with Crippen molar-refractivity contribution in [2.75, 3.05) is 50.4 Å². The minimum atomic E-state index is -0.0142. The maximum Gasteiger partial charge on any atom is 0.251 e. The predicted octanol–water partition coefficient (Wildman–Crippen LogP) is 1.21. The molecule has 5 nitrogen and oxygen atoms in total. The highest BCUT2D eigenvalue weighted by atomic mass is 16.1. The van der Waals surface area contributed by atoms with Crippen LogP contribution in [0.25, 0.3) is 0 Å². The lowest BCUT2D eigenvalue weighted by Crippen LogP contribution is -2.33. The second kappa shape index (κ2) is 6.43. The minimum absolute atomic E-state index is 0.0142. The fraction of sp³-hybridized carbons (Fsp3) is 0.500. The molecule has 0 bridgehead atoms. The molecule has 1 heterocycles. The highest BCUT2D eigenvalue weighted by Gasteiger charge is 2.11. The van der Waals surface area contributed by atoms with Crippen LogP contribution in [0.3, 0.4) is 0 Å². The molecule has 0 aliphatic carbocycles. The summed E-state index contributed by atoms with van der Waals surface area (Å²) < 4.78 is 0. The van der Waals surface area contributed by atoms with Crippen LogP contribution in [-0.2, 0) is 0 Å². The molecule has 1 aliphatic rings. The van der Waals surface area contributed by atoms with Crippen molar-refractivity contribution in [3.63, 3.8) is 0 Å². The normalized spacial score (nSPS) is 13.4. The summed E-state index contributed by atoms with van der Waals surface area (Å²) in [6.45, 7) is 6.44. The molecule has 0 radical (unpaired) electrons. The first-order valence-electron chi connectivity index (χ1n) is 6.79. The molecule has 0 fully saturated rings. The summed E-state index contributed by atoms with van der Waals surface area (Å²) in [5.41, 5.74) is 2.77. The molecular formula is C14H22N4O. The van der Waals surface area contributed by atoms with Crippen molar-refractivity contribution in [3.8, 4) is 0 Å². The van der Waals surface area contributed by atoms with E-state index in [1.54, 1.807) is 0 Å². The molecule has 0 unspecified atom stereocenters. The zero-order chi connectivity index (χ0) is 13.7. The number of nitrogens with one attached hydrogen (secondary N) is 3. The number of likely N-dealkylation sites (N-methyl/N-ethyl adjacent to an activating group) is 1. The van der Waals surface area contributed by atoms with E-state index in [-0.39, 0.29) is 5.91 Å². The molecule has 1 aromatic carbocycles. The Balaban J connectivity index is 1.92. The van der Waals surface area contributed by atoms with Gasteiger partial charge in [0, 0.05) is 31.7 Å². The van der Waals surface area contributed by atoms with Crippen molar-refractivity contribution in [1.29, 1.82) is 0 Å². The van der Waals surface area contributed by atoms with Gasteiger partial charge in [-0.1, -0.05) is 6.92 Å². The smallest absolute Gasteiger partial charge is 0.251 e. The van der Waals surface area contributed by atoms with Crippen LogP contribution in [0.1, 0.15) is 17.3 Å². The molecule has 0 atom stereocenters. The van der Waals surface area contributed by atoms with Gasteiger partial charge in [0.05, 0.1) is 11.4 Å². The average Bonchev–Trinajstić information content (AvgIpc) is 2.46. The highest BCUT2D eigenvalue weighted by Crippen LogP contribution is 2.25. The molecule has 104 valence electrons. The number of nitrogens with zero attached hydrogens (tertiary/aromatic N) is 1. The number of benzene rings is 1. The topological polar surface area (TPSA) is 56.4 Å². The Morgan fingerprint density at radius 1 is 1.32 bits per heavy atom. The monoisotopic (exact) mass is 262 g/mol. The maximum absolute atomic E-state index is 12.0. The molecule has 0 saturated heterocycles. The van der Waals surface area contributed by atoms with Crippen LogP contribution in [0, 0.1) is 0 Å². The lowest BCUT2D eigenvalue weighted by Gasteiger charge is -2.20. The fourth-order valence-corrected chi connectivity index (χ4v) is 2.00. The second-order valence-corrected chi connectivity index (χ2v) is 4.77. The number of fused-ring (bicyclic) bond motifs is 1. The van der Waals surface area contributed by atoms with Crippen LogP contribution < -0.4 is 16.0 Å². The Bertz CT molecular complexity index is 447. The van der Waals surface area contributed by atoms with Crippen molar-refractivity contribution in [1.82, 2.24) is 10.2 Å². The van der Waals surface area contributed by atoms with Gasteiger partial charge in [-0.2, -0.15) is 0 Å². The maximum atomic E-state index is 12.0. The number of anilines is 2. The zero-order valence-electron chi connectivity index (χ0n) is 11.6. The van der Waals surface area contributed by atoms with Crippen molar-refractivity contribution in [3.05, 3.63) is 23.8 Å². The molecule has 1 aromatic rings. The number of carbonyl (C=O) groups excluding carboxylic acids is 1. The minimum Gasteiger partial charge on any atom is -0.382 e. The fourth-order valence-electron chi connectivity index (χ4n) is 2.00. The van der Waals surface area contributed by atoms with Gasteiger partial charge in [-0.3, -0.25) is 4.79 Å². The number of carbonyl (C=O) groups is 1. The van der Waals surface area contributed by atoms with Crippen LogP contribution in [0.15, 0.2) is 18.2 Å². The average molecular weight is 262 g/mol. The molecule has 0 spiro atoms. The Hall–Kier alpha value is -1.75. The first kappa shape index (κ1) is 13.7. The van der Waals surface area contributed by atoms with Gasteiger partial charge in [-0.15, -0.1) is 0 Å². The van der Waals surface area contributed by atoms with E-state index in [0.29, 0.717) is 12.1 Å². The molecule has 5 heteroatoms. The van der Waals surface area contributed by atoms with Crippen LogP contribution >= 0.6 is 0 Å².